The van der Waals surface area contributed by atoms with Gasteiger partial charge in [-0.2, -0.15) is 0 Å². The average Bonchev–Trinajstić information content (AvgIpc) is 2.38. The summed E-state index contributed by atoms with van der Waals surface area (Å²) in [5.41, 5.74) is -0.653. The lowest BCUT2D eigenvalue weighted by molar-refractivity contribution is -0.124. The van der Waals surface area contributed by atoms with Gasteiger partial charge in [-0.05, 0) is 18.3 Å². The Bertz CT molecular complexity index is 247. The zero-order valence-corrected chi connectivity index (χ0v) is 11.5. The van der Waals surface area contributed by atoms with Crippen LogP contribution in [0.3, 0.4) is 0 Å². The quantitative estimate of drug-likeness (QED) is 0.746. The number of hydrogen-bond donors (Lipinski definition) is 2. The Morgan fingerprint density at radius 3 is 2.18 bits per heavy atom. The molecule has 0 spiro atoms. The minimum Gasteiger partial charge on any atom is -0.388 e. The van der Waals surface area contributed by atoms with Crippen molar-refractivity contribution in [1.82, 2.24) is 5.32 Å². The standard InChI is InChI=1S/C14H27NO2/c1-13(2,3)10-12(16)15-11-14(17)8-6-4-5-7-9-14/h17H,4-11H2,1-3H3,(H,15,16). The third-order valence-electron chi connectivity index (χ3n) is 3.34. The third kappa shape index (κ3) is 6.06. The van der Waals surface area contributed by atoms with Gasteiger partial charge in [0.2, 0.25) is 5.91 Å². The van der Waals surface area contributed by atoms with Gasteiger partial charge >= 0.3 is 0 Å². The smallest absolute Gasteiger partial charge is 0.220 e. The Morgan fingerprint density at radius 2 is 1.71 bits per heavy atom. The van der Waals surface area contributed by atoms with Crippen molar-refractivity contribution in [2.75, 3.05) is 6.54 Å². The molecule has 3 heteroatoms. The first-order valence-corrected chi connectivity index (χ1v) is 6.80. The molecule has 0 aromatic heterocycles. The Labute approximate surface area is 105 Å². The number of rotatable bonds is 3. The summed E-state index contributed by atoms with van der Waals surface area (Å²) in [6.07, 6.45) is 6.72. The molecule has 1 aliphatic rings. The monoisotopic (exact) mass is 241 g/mol. The maximum absolute atomic E-state index is 11.7. The highest BCUT2D eigenvalue weighted by Crippen LogP contribution is 2.26. The van der Waals surface area contributed by atoms with E-state index in [4.69, 9.17) is 0 Å². The molecule has 1 amide bonds. The first-order chi connectivity index (χ1) is 7.81. The summed E-state index contributed by atoms with van der Waals surface area (Å²) in [7, 11) is 0. The molecule has 0 aliphatic heterocycles. The van der Waals surface area contributed by atoms with Crippen LogP contribution < -0.4 is 5.32 Å². The van der Waals surface area contributed by atoms with Crippen LogP contribution in [0.25, 0.3) is 0 Å². The lowest BCUT2D eigenvalue weighted by Crippen LogP contribution is -2.43. The molecule has 0 unspecified atom stereocenters. The van der Waals surface area contributed by atoms with Crippen molar-refractivity contribution < 1.29 is 9.90 Å². The maximum atomic E-state index is 11.7. The molecule has 100 valence electrons. The Hall–Kier alpha value is -0.570. The lowest BCUT2D eigenvalue weighted by Gasteiger charge is -2.27. The Morgan fingerprint density at radius 1 is 1.18 bits per heavy atom. The van der Waals surface area contributed by atoms with Crippen molar-refractivity contribution in [3.63, 3.8) is 0 Å². The van der Waals surface area contributed by atoms with E-state index in [0.29, 0.717) is 13.0 Å². The van der Waals surface area contributed by atoms with Gasteiger partial charge in [-0.15, -0.1) is 0 Å². The highest BCUT2D eigenvalue weighted by Gasteiger charge is 2.28. The van der Waals surface area contributed by atoms with Crippen LogP contribution in [0.4, 0.5) is 0 Å². The summed E-state index contributed by atoms with van der Waals surface area (Å²) >= 11 is 0. The Balaban J connectivity index is 2.35. The van der Waals surface area contributed by atoms with Crippen molar-refractivity contribution in [2.45, 2.75) is 71.3 Å². The van der Waals surface area contributed by atoms with Gasteiger partial charge in [0.25, 0.3) is 0 Å². The zero-order chi connectivity index (χ0) is 12.9. The van der Waals surface area contributed by atoms with Crippen molar-refractivity contribution in [3.8, 4) is 0 Å². The highest BCUT2D eigenvalue weighted by atomic mass is 16.3. The van der Waals surface area contributed by atoms with E-state index in [0.717, 1.165) is 25.7 Å². The van der Waals surface area contributed by atoms with Gasteiger partial charge in [0.15, 0.2) is 0 Å². The van der Waals surface area contributed by atoms with Gasteiger partial charge in [-0.25, -0.2) is 0 Å². The fraction of sp³-hybridized carbons (Fsp3) is 0.929. The zero-order valence-electron chi connectivity index (χ0n) is 11.5. The van der Waals surface area contributed by atoms with Gasteiger partial charge in [0, 0.05) is 13.0 Å². The summed E-state index contributed by atoms with van der Waals surface area (Å²) in [4.78, 5) is 11.7. The summed E-state index contributed by atoms with van der Waals surface area (Å²) in [6.45, 7) is 6.56. The fourth-order valence-corrected chi connectivity index (χ4v) is 2.37. The van der Waals surface area contributed by atoms with E-state index in [-0.39, 0.29) is 11.3 Å². The van der Waals surface area contributed by atoms with Crippen LogP contribution in [0.2, 0.25) is 0 Å². The molecule has 1 aliphatic carbocycles. The molecule has 0 saturated heterocycles. The second-order valence-corrected chi connectivity index (χ2v) is 6.65. The average molecular weight is 241 g/mol. The number of amides is 1. The second-order valence-electron chi connectivity index (χ2n) is 6.65. The van der Waals surface area contributed by atoms with Gasteiger partial charge in [0.1, 0.15) is 0 Å². The molecule has 0 aromatic rings. The van der Waals surface area contributed by atoms with Crippen LogP contribution in [0, 0.1) is 5.41 Å². The fourth-order valence-electron chi connectivity index (χ4n) is 2.37. The Kier molecular flexibility index (Phi) is 4.99. The summed E-state index contributed by atoms with van der Waals surface area (Å²) in [5.74, 6) is 0.0511. The molecule has 1 rings (SSSR count). The highest BCUT2D eigenvalue weighted by molar-refractivity contribution is 5.76. The SMILES string of the molecule is CC(C)(C)CC(=O)NCC1(O)CCCCCC1. The number of carbonyl (C=O) groups excluding carboxylic acids is 1. The number of hydrogen-bond acceptors (Lipinski definition) is 2. The first kappa shape index (κ1) is 14.5. The van der Waals surface area contributed by atoms with E-state index in [2.05, 4.69) is 5.32 Å². The van der Waals surface area contributed by atoms with Crippen molar-refractivity contribution in [2.24, 2.45) is 5.41 Å². The van der Waals surface area contributed by atoms with Crippen LogP contribution >= 0.6 is 0 Å². The molecular weight excluding hydrogens is 214 g/mol. The largest absolute Gasteiger partial charge is 0.388 e. The molecule has 2 N–H and O–H groups in total. The second kappa shape index (κ2) is 5.85. The van der Waals surface area contributed by atoms with Crippen molar-refractivity contribution in [3.05, 3.63) is 0 Å². The molecule has 0 radical (unpaired) electrons. The predicted molar refractivity (Wildman–Crippen MR) is 69.7 cm³/mol. The number of carbonyl (C=O) groups is 1. The van der Waals surface area contributed by atoms with Crippen LogP contribution in [0.15, 0.2) is 0 Å². The summed E-state index contributed by atoms with van der Waals surface area (Å²) in [6, 6.07) is 0. The molecular formula is C14H27NO2. The first-order valence-electron chi connectivity index (χ1n) is 6.80. The molecule has 0 bridgehead atoms. The van der Waals surface area contributed by atoms with Gasteiger partial charge < -0.3 is 10.4 Å². The van der Waals surface area contributed by atoms with E-state index in [9.17, 15) is 9.90 Å². The molecule has 0 aromatic carbocycles. The lowest BCUT2D eigenvalue weighted by atomic mass is 9.91. The van der Waals surface area contributed by atoms with E-state index in [1.807, 2.05) is 20.8 Å². The van der Waals surface area contributed by atoms with Crippen molar-refractivity contribution in [1.29, 1.82) is 0 Å². The predicted octanol–water partition coefficient (Wildman–Crippen LogP) is 2.62. The molecule has 1 saturated carbocycles. The van der Waals surface area contributed by atoms with E-state index >= 15 is 0 Å². The van der Waals surface area contributed by atoms with E-state index < -0.39 is 5.60 Å². The molecule has 0 heterocycles. The van der Waals surface area contributed by atoms with E-state index in [1.54, 1.807) is 0 Å². The molecule has 17 heavy (non-hydrogen) atoms. The summed E-state index contributed by atoms with van der Waals surface area (Å²) < 4.78 is 0. The van der Waals surface area contributed by atoms with Crippen LogP contribution in [0.5, 0.6) is 0 Å². The molecule has 1 fully saturated rings. The number of aliphatic hydroxyl groups is 1. The van der Waals surface area contributed by atoms with Gasteiger partial charge in [-0.1, -0.05) is 46.5 Å². The molecule has 0 atom stereocenters. The third-order valence-corrected chi connectivity index (χ3v) is 3.34. The van der Waals surface area contributed by atoms with Crippen molar-refractivity contribution >= 4 is 5.91 Å². The maximum Gasteiger partial charge on any atom is 0.220 e. The molecule has 3 nitrogen and oxygen atoms in total. The topological polar surface area (TPSA) is 49.3 Å². The van der Waals surface area contributed by atoms with E-state index in [1.165, 1.54) is 12.8 Å². The summed E-state index contributed by atoms with van der Waals surface area (Å²) in [5, 5.41) is 13.3. The van der Waals surface area contributed by atoms with Crippen LogP contribution in [-0.2, 0) is 4.79 Å². The minimum atomic E-state index is -0.663. The van der Waals surface area contributed by atoms with Crippen LogP contribution in [0.1, 0.15) is 65.7 Å². The minimum absolute atomic E-state index is 0.0101. The normalized spacial score (nSPS) is 20.7. The van der Waals surface area contributed by atoms with Gasteiger partial charge in [0.05, 0.1) is 5.60 Å². The number of nitrogens with one attached hydrogen (secondary N) is 1. The van der Waals surface area contributed by atoms with Crippen LogP contribution in [-0.4, -0.2) is 23.2 Å². The van der Waals surface area contributed by atoms with Gasteiger partial charge in [-0.3, -0.25) is 4.79 Å².